The number of aromatic carboxylic acids is 1. The Morgan fingerprint density at radius 2 is 1.93 bits per heavy atom. The lowest BCUT2D eigenvalue weighted by molar-refractivity contribution is -0.136. The van der Waals surface area contributed by atoms with Gasteiger partial charge in [0.15, 0.2) is 0 Å². The van der Waals surface area contributed by atoms with Crippen molar-refractivity contribution in [3.63, 3.8) is 0 Å². The molecule has 0 bridgehead atoms. The molecule has 0 radical (unpaired) electrons. The van der Waals surface area contributed by atoms with Gasteiger partial charge in [0.1, 0.15) is 0 Å². The molecular formula is C8H5F3INO2. The first-order valence-electron chi connectivity index (χ1n) is 3.63. The molecule has 0 aliphatic rings. The van der Waals surface area contributed by atoms with Crippen molar-refractivity contribution in [3.8, 4) is 0 Å². The summed E-state index contributed by atoms with van der Waals surface area (Å²) in [4.78, 5) is 10.5. The number of carbonyl (C=O) groups is 1. The highest BCUT2D eigenvalue weighted by molar-refractivity contribution is 14.1. The van der Waals surface area contributed by atoms with Crippen LogP contribution in [0.25, 0.3) is 0 Å². The van der Waals surface area contributed by atoms with Crippen LogP contribution in [0.3, 0.4) is 0 Å². The molecule has 0 heterocycles. The van der Waals surface area contributed by atoms with Gasteiger partial charge in [0.05, 0.1) is 16.8 Å². The summed E-state index contributed by atoms with van der Waals surface area (Å²) in [5.41, 5.74) is 3.22. The van der Waals surface area contributed by atoms with Gasteiger partial charge in [-0.3, -0.25) is 0 Å². The molecule has 1 aromatic rings. The smallest absolute Gasteiger partial charge is 0.418 e. The van der Waals surface area contributed by atoms with Crippen LogP contribution < -0.4 is 5.73 Å². The lowest BCUT2D eigenvalue weighted by Gasteiger charge is -2.12. The molecule has 0 fully saturated rings. The predicted molar refractivity (Wildman–Crippen MR) is 55.5 cm³/mol. The van der Waals surface area contributed by atoms with Crippen LogP contribution in [0.2, 0.25) is 0 Å². The second kappa shape index (κ2) is 3.87. The number of rotatable bonds is 1. The third kappa shape index (κ3) is 2.52. The van der Waals surface area contributed by atoms with E-state index >= 15 is 0 Å². The van der Waals surface area contributed by atoms with Crippen LogP contribution in [0, 0.1) is 3.57 Å². The van der Waals surface area contributed by atoms with Crippen LogP contribution in [0.5, 0.6) is 0 Å². The summed E-state index contributed by atoms with van der Waals surface area (Å²) in [5.74, 6) is -1.42. The Labute approximate surface area is 96.2 Å². The molecule has 82 valence electrons. The summed E-state index contributed by atoms with van der Waals surface area (Å²) in [5, 5.41) is 8.58. The first-order valence-corrected chi connectivity index (χ1v) is 4.71. The fourth-order valence-corrected chi connectivity index (χ4v) is 1.60. The Morgan fingerprint density at radius 3 is 2.33 bits per heavy atom. The topological polar surface area (TPSA) is 63.3 Å². The Hall–Kier alpha value is -0.990. The minimum atomic E-state index is -4.64. The molecule has 0 aliphatic carbocycles. The van der Waals surface area contributed by atoms with E-state index in [1.54, 1.807) is 22.6 Å². The summed E-state index contributed by atoms with van der Waals surface area (Å²) in [7, 11) is 0. The van der Waals surface area contributed by atoms with E-state index < -0.39 is 29.0 Å². The minimum Gasteiger partial charge on any atom is -0.478 e. The zero-order chi connectivity index (χ0) is 11.8. The van der Waals surface area contributed by atoms with Crippen LogP contribution in [0.15, 0.2) is 12.1 Å². The van der Waals surface area contributed by atoms with Gasteiger partial charge in [-0.25, -0.2) is 4.79 Å². The summed E-state index contributed by atoms with van der Waals surface area (Å²) in [6.45, 7) is 0. The van der Waals surface area contributed by atoms with Crippen LogP contribution in [-0.4, -0.2) is 11.1 Å². The van der Waals surface area contributed by atoms with E-state index in [1.807, 2.05) is 0 Å². The maximum absolute atomic E-state index is 12.4. The molecular weight excluding hydrogens is 326 g/mol. The highest BCUT2D eigenvalue weighted by atomic mass is 127. The van der Waals surface area contributed by atoms with Crippen molar-refractivity contribution < 1.29 is 23.1 Å². The van der Waals surface area contributed by atoms with Crippen LogP contribution in [0.4, 0.5) is 18.9 Å². The van der Waals surface area contributed by atoms with Gasteiger partial charge in [0, 0.05) is 3.57 Å². The van der Waals surface area contributed by atoms with Gasteiger partial charge in [-0.05, 0) is 34.7 Å². The summed E-state index contributed by atoms with van der Waals surface area (Å²) in [6.07, 6.45) is -4.64. The first-order chi connectivity index (χ1) is 6.73. The number of carboxylic acid groups (broad SMARTS) is 1. The second-order valence-electron chi connectivity index (χ2n) is 2.72. The number of benzene rings is 1. The minimum absolute atomic E-state index is 0.0693. The van der Waals surface area contributed by atoms with Crippen molar-refractivity contribution >= 4 is 34.2 Å². The van der Waals surface area contributed by atoms with E-state index in [0.29, 0.717) is 6.07 Å². The van der Waals surface area contributed by atoms with Crippen LogP contribution >= 0.6 is 22.6 Å². The van der Waals surface area contributed by atoms with Gasteiger partial charge in [0.25, 0.3) is 0 Å². The molecule has 0 atom stereocenters. The number of alkyl halides is 3. The average Bonchev–Trinajstić information content (AvgIpc) is 2.06. The second-order valence-corrected chi connectivity index (χ2v) is 3.88. The summed E-state index contributed by atoms with van der Waals surface area (Å²) >= 11 is 1.56. The predicted octanol–water partition coefficient (Wildman–Crippen LogP) is 2.59. The SMILES string of the molecule is Nc1c(I)cc(C(=O)O)cc1C(F)(F)F. The van der Waals surface area contributed by atoms with Crippen LogP contribution in [0.1, 0.15) is 15.9 Å². The maximum atomic E-state index is 12.4. The summed E-state index contributed by atoms with van der Waals surface area (Å²) < 4.78 is 37.3. The van der Waals surface area contributed by atoms with E-state index in [-0.39, 0.29) is 3.57 Å². The quantitative estimate of drug-likeness (QED) is 0.614. The normalized spacial score (nSPS) is 11.5. The monoisotopic (exact) mass is 331 g/mol. The lowest BCUT2D eigenvalue weighted by atomic mass is 10.1. The van der Waals surface area contributed by atoms with Gasteiger partial charge in [-0.1, -0.05) is 0 Å². The fourth-order valence-electron chi connectivity index (χ4n) is 0.976. The number of nitrogens with two attached hydrogens (primary N) is 1. The zero-order valence-corrected chi connectivity index (χ0v) is 9.26. The molecule has 0 saturated heterocycles. The molecule has 7 heteroatoms. The van der Waals surface area contributed by atoms with Crippen molar-refractivity contribution in [2.24, 2.45) is 0 Å². The number of hydrogen-bond donors (Lipinski definition) is 2. The number of nitrogen functional groups attached to an aromatic ring is 1. The molecule has 0 spiro atoms. The highest BCUT2D eigenvalue weighted by Crippen LogP contribution is 2.36. The number of hydrogen-bond acceptors (Lipinski definition) is 2. The average molecular weight is 331 g/mol. The Balaban J connectivity index is 3.45. The van der Waals surface area contributed by atoms with Crippen LogP contribution in [-0.2, 0) is 6.18 Å². The molecule has 1 rings (SSSR count). The van der Waals surface area contributed by atoms with Crippen molar-refractivity contribution in [3.05, 3.63) is 26.8 Å². The summed E-state index contributed by atoms with van der Waals surface area (Å²) in [6, 6.07) is 1.62. The standard InChI is InChI=1S/C8H5F3INO2/c9-8(10,11)4-1-3(7(14)15)2-5(12)6(4)13/h1-2H,13H2,(H,14,15). The van der Waals surface area contributed by atoms with Gasteiger partial charge in [-0.2, -0.15) is 13.2 Å². The van der Waals surface area contributed by atoms with Crippen molar-refractivity contribution in [2.75, 3.05) is 5.73 Å². The third-order valence-corrected chi connectivity index (χ3v) is 2.57. The number of anilines is 1. The van der Waals surface area contributed by atoms with E-state index in [9.17, 15) is 18.0 Å². The van der Waals surface area contributed by atoms with Crippen molar-refractivity contribution in [2.45, 2.75) is 6.18 Å². The van der Waals surface area contributed by atoms with Gasteiger partial charge in [-0.15, -0.1) is 0 Å². The molecule has 3 N–H and O–H groups in total. The van der Waals surface area contributed by atoms with Crippen molar-refractivity contribution in [1.82, 2.24) is 0 Å². The molecule has 0 amide bonds. The van der Waals surface area contributed by atoms with Gasteiger partial charge < -0.3 is 10.8 Å². The van der Waals surface area contributed by atoms with Crippen molar-refractivity contribution in [1.29, 1.82) is 0 Å². The van der Waals surface area contributed by atoms with E-state index in [1.165, 1.54) is 0 Å². The van der Waals surface area contributed by atoms with E-state index in [0.717, 1.165) is 6.07 Å². The van der Waals surface area contributed by atoms with E-state index in [4.69, 9.17) is 10.8 Å². The number of carboxylic acids is 1. The molecule has 0 aliphatic heterocycles. The molecule has 0 saturated carbocycles. The van der Waals surface area contributed by atoms with E-state index in [2.05, 4.69) is 0 Å². The van der Waals surface area contributed by atoms with Gasteiger partial charge >= 0.3 is 12.1 Å². The third-order valence-electron chi connectivity index (χ3n) is 1.68. The molecule has 0 aromatic heterocycles. The molecule has 0 unspecified atom stereocenters. The fraction of sp³-hybridized carbons (Fsp3) is 0.125. The Morgan fingerprint density at radius 1 is 1.40 bits per heavy atom. The molecule has 15 heavy (non-hydrogen) atoms. The maximum Gasteiger partial charge on any atom is 0.418 e. The lowest BCUT2D eigenvalue weighted by Crippen LogP contribution is -2.12. The molecule has 1 aromatic carbocycles. The van der Waals surface area contributed by atoms with Gasteiger partial charge in [0.2, 0.25) is 0 Å². The highest BCUT2D eigenvalue weighted by Gasteiger charge is 2.34. The largest absolute Gasteiger partial charge is 0.478 e. The number of halogens is 4. The Kier molecular flexibility index (Phi) is 3.12. The first kappa shape index (κ1) is 12.1. The Bertz CT molecular complexity index is 417. The zero-order valence-electron chi connectivity index (χ0n) is 7.10. The molecule has 3 nitrogen and oxygen atoms in total.